The van der Waals surface area contributed by atoms with Crippen molar-refractivity contribution in [3.8, 4) is 0 Å². The van der Waals surface area contributed by atoms with E-state index in [2.05, 4.69) is 17.6 Å². The van der Waals surface area contributed by atoms with E-state index in [1.807, 2.05) is 12.1 Å². The molecule has 9 heavy (non-hydrogen) atoms. The number of nitrogens with zero attached hydrogens (tertiary/aromatic N) is 1. The predicted molar refractivity (Wildman–Crippen MR) is 44.9 cm³/mol. The van der Waals surface area contributed by atoms with Crippen molar-refractivity contribution < 1.29 is 0 Å². The van der Waals surface area contributed by atoms with E-state index in [9.17, 15) is 0 Å². The second kappa shape index (κ2) is 2.94. The van der Waals surface area contributed by atoms with Gasteiger partial charge in [-0.3, -0.25) is 4.98 Å². The molecule has 0 atom stereocenters. The minimum atomic E-state index is 0.586. The Morgan fingerprint density at radius 2 is 2.44 bits per heavy atom. The third-order valence-corrected chi connectivity index (χ3v) is 1.40. The van der Waals surface area contributed by atoms with Gasteiger partial charge in [-0.25, -0.2) is 0 Å². The first-order chi connectivity index (χ1) is 4.30. The Morgan fingerprint density at radius 3 is 2.78 bits per heavy atom. The maximum Gasteiger partial charge on any atom is 0.0763 e. The van der Waals surface area contributed by atoms with Gasteiger partial charge in [0.25, 0.3) is 0 Å². The van der Waals surface area contributed by atoms with Crippen molar-refractivity contribution in [3.05, 3.63) is 30.1 Å². The zero-order chi connectivity index (χ0) is 6.69. The highest BCUT2D eigenvalue weighted by Gasteiger charge is 1.90. The van der Waals surface area contributed by atoms with Gasteiger partial charge in [0, 0.05) is 18.0 Å². The lowest BCUT2D eigenvalue weighted by Gasteiger charge is -1.91. The van der Waals surface area contributed by atoms with Crippen molar-refractivity contribution in [2.24, 2.45) is 0 Å². The summed E-state index contributed by atoms with van der Waals surface area (Å²) in [7, 11) is 0. The second-order valence-corrected chi connectivity index (χ2v) is 2.70. The molecule has 0 radical (unpaired) electrons. The van der Waals surface area contributed by atoms with Crippen LogP contribution in [0.15, 0.2) is 24.5 Å². The molecular weight excluding hydrogens is 150 g/mol. The molecule has 0 fully saturated rings. The molecule has 46 valence electrons. The number of aromatic nitrogens is 1. The molecule has 0 saturated heterocycles. The van der Waals surface area contributed by atoms with E-state index in [0.29, 0.717) is 4.20 Å². The van der Waals surface area contributed by atoms with Crippen LogP contribution in [0, 0.1) is 0 Å². The fraction of sp³-hybridized carbons (Fsp3) is 0. The Labute approximate surface area is 64.5 Å². The topological polar surface area (TPSA) is 12.9 Å². The number of hydrogen-bond acceptors (Lipinski definition) is 2. The van der Waals surface area contributed by atoms with Crippen LogP contribution in [0.3, 0.4) is 0 Å². The van der Waals surface area contributed by atoms with Crippen LogP contribution in [0.5, 0.6) is 0 Å². The minimum absolute atomic E-state index is 0.586. The molecule has 0 amide bonds. The molecule has 0 aromatic carbocycles. The van der Waals surface area contributed by atoms with Gasteiger partial charge in [0.1, 0.15) is 0 Å². The monoisotopic (exact) mass is 155 g/mol. The largest absolute Gasteiger partial charge is 0.264 e. The first-order valence-electron chi connectivity index (χ1n) is 2.44. The summed E-state index contributed by atoms with van der Waals surface area (Å²) < 4.78 is 0.586. The molecule has 1 aromatic heterocycles. The highest BCUT2D eigenvalue weighted by molar-refractivity contribution is 8.11. The van der Waals surface area contributed by atoms with Gasteiger partial charge in [0.15, 0.2) is 0 Å². The van der Waals surface area contributed by atoms with E-state index < -0.39 is 0 Å². The van der Waals surface area contributed by atoms with E-state index in [1.54, 1.807) is 12.4 Å². The lowest BCUT2D eigenvalue weighted by Crippen LogP contribution is -1.85. The van der Waals surface area contributed by atoms with E-state index in [4.69, 9.17) is 12.2 Å². The molecule has 1 rings (SSSR count). The summed E-state index contributed by atoms with van der Waals surface area (Å²) in [5, 5.41) is 0. The van der Waals surface area contributed by atoms with Crippen LogP contribution < -0.4 is 0 Å². The molecule has 0 aliphatic carbocycles. The quantitative estimate of drug-likeness (QED) is 0.489. The van der Waals surface area contributed by atoms with Crippen LogP contribution in [0.1, 0.15) is 5.56 Å². The van der Waals surface area contributed by atoms with Gasteiger partial charge in [-0.15, -0.1) is 12.6 Å². The molecule has 0 unspecified atom stereocenters. The van der Waals surface area contributed by atoms with Crippen LogP contribution in [-0.4, -0.2) is 9.18 Å². The average Bonchev–Trinajstić information content (AvgIpc) is 1.90. The summed E-state index contributed by atoms with van der Waals surface area (Å²) in [6.07, 6.45) is 3.39. The molecule has 0 bridgehead atoms. The number of rotatable bonds is 1. The first-order valence-corrected chi connectivity index (χ1v) is 3.29. The van der Waals surface area contributed by atoms with Gasteiger partial charge < -0.3 is 0 Å². The molecule has 1 heterocycles. The molecule has 1 aromatic rings. The molecule has 1 nitrogen and oxygen atoms in total. The van der Waals surface area contributed by atoms with E-state index in [0.717, 1.165) is 5.56 Å². The lowest BCUT2D eigenvalue weighted by atomic mass is 10.3. The van der Waals surface area contributed by atoms with Crippen LogP contribution >= 0.6 is 24.8 Å². The lowest BCUT2D eigenvalue weighted by molar-refractivity contribution is 1.32. The van der Waals surface area contributed by atoms with Gasteiger partial charge >= 0.3 is 0 Å². The van der Waals surface area contributed by atoms with Crippen LogP contribution in [-0.2, 0) is 0 Å². The normalized spacial score (nSPS) is 9.00. The molecule has 0 spiro atoms. The Bertz CT molecular complexity index is 208. The summed E-state index contributed by atoms with van der Waals surface area (Å²) in [4.78, 5) is 3.87. The molecule has 0 saturated carbocycles. The number of thiocarbonyl (C=S) groups is 1. The SMILES string of the molecule is S=C(S)c1cccnc1. The zero-order valence-electron chi connectivity index (χ0n) is 4.61. The maximum absolute atomic E-state index is 4.79. The smallest absolute Gasteiger partial charge is 0.0763 e. The van der Waals surface area contributed by atoms with Crippen LogP contribution in [0.4, 0.5) is 0 Å². The van der Waals surface area contributed by atoms with Gasteiger partial charge in [-0.1, -0.05) is 12.2 Å². The maximum atomic E-state index is 4.79. The standard InChI is InChI=1S/C6H5NS2/c8-6(9)5-2-1-3-7-4-5/h1-4H,(H,8,9). The number of hydrogen-bond donors (Lipinski definition) is 1. The summed E-state index contributed by atoms with van der Waals surface area (Å²) in [6, 6.07) is 3.71. The third kappa shape index (κ3) is 1.77. The van der Waals surface area contributed by atoms with Crippen molar-refractivity contribution in [1.29, 1.82) is 0 Å². The van der Waals surface area contributed by atoms with Crippen molar-refractivity contribution in [1.82, 2.24) is 4.98 Å². The van der Waals surface area contributed by atoms with Crippen molar-refractivity contribution in [2.45, 2.75) is 0 Å². The van der Waals surface area contributed by atoms with Gasteiger partial charge in [0.2, 0.25) is 0 Å². The van der Waals surface area contributed by atoms with E-state index in [-0.39, 0.29) is 0 Å². The molecule has 3 heteroatoms. The number of thiol groups is 1. The Balaban J connectivity index is 2.98. The molecular formula is C6H5NS2. The number of pyridine rings is 1. The van der Waals surface area contributed by atoms with Crippen molar-refractivity contribution >= 4 is 29.0 Å². The van der Waals surface area contributed by atoms with Gasteiger partial charge in [-0.05, 0) is 12.1 Å². The van der Waals surface area contributed by atoms with E-state index in [1.165, 1.54) is 0 Å². The average molecular weight is 155 g/mol. The predicted octanol–water partition coefficient (Wildman–Crippen LogP) is 1.69. The van der Waals surface area contributed by atoms with Crippen molar-refractivity contribution in [2.75, 3.05) is 0 Å². The molecule has 0 aliphatic rings. The summed E-state index contributed by atoms with van der Waals surface area (Å²) in [6.45, 7) is 0. The minimum Gasteiger partial charge on any atom is -0.264 e. The Kier molecular flexibility index (Phi) is 2.19. The molecule has 0 N–H and O–H groups in total. The van der Waals surface area contributed by atoms with Crippen molar-refractivity contribution in [3.63, 3.8) is 0 Å². The summed E-state index contributed by atoms with van der Waals surface area (Å²) in [5.74, 6) is 0. The fourth-order valence-corrected chi connectivity index (χ4v) is 0.742. The summed E-state index contributed by atoms with van der Waals surface area (Å²) in [5.41, 5.74) is 0.899. The fourth-order valence-electron chi connectivity index (χ4n) is 0.489. The zero-order valence-corrected chi connectivity index (χ0v) is 6.32. The highest BCUT2D eigenvalue weighted by atomic mass is 32.1. The van der Waals surface area contributed by atoms with Crippen LogP contribution in [0.25, 0.3) is 0 Å². The Hall–Kier alpha value is -0.410. The first kappa shape index (κ1) is 6.71. The second-order valence-electron chi connectivity index (χ2n) is 1.55. The Morgan fingerprint density at radius 1 is 1.67 bits per heavy atom. The molecule has 0 aliphatic heterocycles. The van der Waals surface area contributed by atoms with Gasteiger partial charge in [-0.2, -0.15) is 0 Å². The summed E-state index contributed by atoms with van der Waals surface area (Å²) >= 11 is 8.77. The third-order valence-electron chi connectivity index (χ3n) is 0.908. The van der Waals surface area contributed by atoms with E-state index >= 15 is 0 Å². The van der Waals surface area contributed by atoms with Gasteiger partial charge in [0.05, 0.1) is 4.20 Å². The highest BCUT2D eigenvalue weighted by Crippen LogP contribution is 2.00. The van der Waals surface area contributed by atoms with Crippen LogP contribution in [0.2, 0.25) is 0 Å².